The van der Waals surface area contributed by atoms with E-state index in [-0.39, 0.29) is 29.2 Å². The van der Waals surface area contributed by atoms with E-state index < -0.39 is 0 Å². The lowest BCUT2D eigenvalue weighted by Crippen LogP contribution is -2.42. The molecule has 0 bridgehead atoms. The molecule has 160 valence electrons. The largest absolute Gasteiger partial charge is 0.361 e. The second-order valence-corrected chi connectivity index (χ2v) is 9.48. The first kappa shape index (κ1) is 20.4. The van der Waals surface area contributed by atoms with E-state index >= 15 is 0 Å². The van der Waals surface area contributed by atoms with Gasteiger partial charge in [-0.3, -0.25) is 14.5 Å². The average molecular weight is 403 g/mol. The molecular weight excluding hydrogens is 368 g/mol. The second-order valence-electron chi connectivity index (χ2n) is 9.48. The van der Waals surface area contributed by atoms with E-state index in [1.54, 1.807) is 0 Å². The standard InChI is InChI=1S/C22H34N4O3/c1-15(2)20(27)23-18-13-22(18)7-11-26(12-8-22)21(28)19-17(16(3)29-24-19)14-25-9-5-4-6-10-25/h15,18H,4-14H2,1-3H3,(H,23,27). The normalized spacial score (nSPS) is 24.1. The molecular formula is C22H34N4O3. The van der Waals surface area contributed by atoms with Gasteiger partial charge in [-0.15, -0.1) is 0 Å². The molecule has 1 spiro atoms. The fourth-order valence-electron chi connectivity index (χ4n) is 4.83. The van der Waals surface area contributed by atoms with Crippen molar-refractivity contribution in [3.05, 3.63) is 17.0 Å². The summed E-state index contributed by atoms with van der Waals surface area (Å²) in [6.45, 7) is 10.1. The summed E-state index contributed by atoms with van der Waals surface area (Å²) in [7, 11) is 0. The molecule has 3 fully saturated rings. The van der Waals surface area contributed by atoms with Crippen LogP contribution in [0.4, 0.5) is 0 Å². The van der Waals surface area contributed by atoms with Crippen LogP contribution in [-0.4, -0.2) is 59.0 Å². The predicted octanol–water partition coefficient (Wildman–Crippen LogP) is 2.74. The van der Waals surface area contributed by atoms with Crippen LogP contribution in [0.1, 0.15) is 74.2 Å². The molecule has 1 saturated carbocycles. The fourth-order valence-corrected chi connectivity index (χ4v) is 4.83. The maximum absolute atomic E-state index is 13.2. The highest BCUT2D eigenvalue weighted by Gasteiger charge is 2.56. The monoisotopic (exact) mass is 402 g/mol. The van der Waals surface area contributed by atoms with Gasteiger partial charge in [0.25, 0.3) is 5.91 Å². The summed E-state index contributed by atoms with van der Waals surface area (Å²) < 4.78 is 5.41. The summed E-state index contributed by atoms with van der Waals surface area (Å²) in [6.07, 6.45) is 6.66. The van der Waals surface area contributed by atoms with Crippen LogP contribution >= 0.6 is 0 Å². The minimum Gasteiger partial charge on any atom is -0.361 e. The van der Waals surface area contributed by atoms with Crippen LogP contribution in [0.15, 0.2) is 4.52 Å². The fraction of sp³-hybridized carbons (Fsp3) is 0.773. The highest BCUT2D eigenvalue weighted by Crippen LogP contribution is 2.54. The minimum atomic E-state index is -0.00729. The first-order valence-electron chi connectivity index (χ1n) is 11.2. The maximum Gasteiger partial charge on any atom is 0.276 e. The highest BCUT2D eigenvalue weighted by atomic mass is 16.5. The molecule has 1 N–H and O–H groups in total. The Bertz CT molecular complexity index is 758. The van der Waals surface area contributed by atoms with E-state index in [9.17, 15) is 9.59 Å². The topological polar surface area (TPSA) is 78.7 Å². The van der Waals surface area contributed by atoms with Crippen LogP contribution in [0.2, 0.25) is 0 Å². The number of hydrogen-bond donors (Lipinski definition) is 1. The third-order valence-corrected chi connectivity index (χ3v) is 7.09. The summed E-state index contributed by atoms with van der Waals surface area (Å²) in [5, 5.41) is 7.30. The summed E-state index contributed by atoms with van der Waals surface area (Å²) in [5.74, 6) is 0.895. The van der Waals surface area contributed by atoms with E-state index in [0.29, 0.717) is 5.69 Å². The number of rotatable bonds is 5. The van der Waals surface area contributed by atoms with Crippen molar-refractivity contribution in [3.63, 3.8) is 0 Å². The molecule has 0 radical (unpaired) electrons. The molecule has 1 atom stereocenters. The van der Waals surface area contributed by atoms with E-state index in [0.717, 1.165) is 63.3 Å². The molecule has 1 aromatic rings. The number of aromatic nitrogens is 1. The van der Waals surface area contributed by atoms with E-state index in [2.05, 4.69) is 15.4 Å². The highest BCUT2D eigenvalue weighted by molar-refractivity contribution is 5.94. The molecule has 2 aliphatic heterocycles. The third kappa shape index (κ3) is 4.20. The molecule has 7 heteroatoms. The smallest absolute Gasteiger partial charge is 0.276 e. The van der Waals surface area contributed by atoms with Gasteiger partial charge in [-0.25, -0.2) is 0 Å². The number of piperidine rings is 2. The van der Waals surface area contributed by atoms with Crippen molar-refractivity contribution in [2.75, 3.05) is 26.2 Å². The molecule has 29 heavy (non-hydrogen) atoms. The van der Waals surface area contributed by atoms with Gasteiger partial charge in [-0.2, -0.15) is 0 Å². The van der Waals surface area contributed by atoms with Crippen molar-refractivity contribution in [2.24, 2.45) is 11.3 Å². The number of carbonyl (C=O) groups is 2. The number of aryl methyl sites for hydroxylation is 1. The van der Waals surface area contributed by atoms with Crippen LogP contribution in [0.25, 0.3) is 0 Å². The third-order valence-electron chi connectivity index (χ3n) is 7.09. The summed E-state index contributed by atoms with van der Waals surface area (Å²) in [4.78, 5) is 29.5. The molecule has 7 nitrogen and oxygen atoms in total. The molecule has 1 aliphatic carbocycles. The first-order chi connectivity index (χ1) is 13.9. The Hall–Kier alpha value is -1.89. The number of likely N-dealkylation sites (tertiary alicyclic amines) is 2. The summed E-state index contributed by atoms with van der Waals surface area (Å²) in [5.41, 5.74) is 1.63. The number of amides is 2. The van der Waals surface area contributed by atoms with Gasteiger partial charge in [0.05, 0.1) is 0 Å². The van der Waals surface area contributed by atoms with Gasteiger partial charge in [-0.1, -0.05) is 25.4 Å². The Kier molecular flexibility index (Phi) is 5.69. The van der Waals surface area contributed by atoms with Gasteiger partial charge in [0.15, 0.2) is 5.69 Å². The lowest BCUT2D eigenvalue weighted by Gasteiger charge is -2.33. The molecule has 4 rings (SSSR count). The Morgan fingerprint density at radius 3 is 2.52 bits per heavy atom. The quantitative estimate of drug-likeness (QED) is 0.819. The predicted molar refractivity (Wildman–Crippen MR) is 109 cm³/mol. The molecule has 2 amide bonds. The van der Waals surface area contributed by atoms with Crippen molar-refractivity contribution in [1.82, 2.24) is 20.3 Å². The lowest BCUT2D eigenvalue weighted by molar-refractivity contribution is -0.124. The number of carbonyl (C=O) groups excluding carboxylic acids is 2. The van der Waals surface area contributed by atoms with Gasteiger partial charge in [0.1, 0.15) is 5.76 Å². The van der Waals surface area contributed by atoms with Crippen LogP contribution in [-0.2, 0) is 11.3 Å². The summed E-state index contributed by atoms with van der Waals surface area (Å²) in [6, 6.07) is 0.276. The molecule has 0 aromatic carbocycles. The van der Waals surface area contributed by atoms with E-state index in [1.807, 2.05) is 25.7 Å². The average Bonchev–Trinajstić information content (AvgIpc) is 3.24. The maximum atomic E-state index is 13.2. The van der Waals surface area contributed by atoms with Gasteiger partial charge in [0.2, 0.25) is 5.91 Å². The van der Waals surface area contributed by atoms with Gasteiger partial charge in [-0.05, 0) is 57.5 Å². The SMILES string of the molecule is Cc1onc(C(=O)N2CCC3(CC2)CC3NC(=O)C(C)C)c1CN1CCCCC1. The van der Waals surface area contributed by atoms with E-state index in [4.69, 9.17) is 4.52 Å². The van der Waals surface area contributed by atoms with Crippen LogP contribution in [0.3, 0.4) is 0 Å². The Morgan fingerprint density at radius 2 is 1.86 bits per heavy atom. The van der Waals surface area contributed by atoms with Crippen LogP contribution < -0.4 is 5.32 Å². The summed E-state index contributed by atoms with van der Waals surface area (Å²) >= 11 is 0. The number of nitrogens with one attached hydrogen (secondary N) is 1. The van der Waals surface area contributed by atoms with Crippen LogP contribution in [0, 0.1) is 18.3 Å². The van der Waals surface area contributed by atoms with Crippen molar-refractivity contribution < 1.29 is 14.1 Å². The van der Waals surface area contributed by atoms with Crippen molar-refractivity contribution in [3.8, 4) is 0 Å². The zero-order chi connectivity index (χ0) is 20.6. The van der Waals surface area contributed by atoms with Crippen molar-refractivity contribution in [1.29, 1.82) is 0 Å². The molecule has 1 unspecified atom stereocenters. The zero-order valence-electron chi connectivity index (χ0n) is 18.0. The number of hydrogen-bond acceptors (Lipinski definition) is 5. The van der Waals surface area contributed by atoms with Crippen LogP contribution in [0.5, 0.6) is 0 Å². The Labute approximate surface area is 173 Å². The molecule has 1 aromatic heterocycles. The number of nitrogens with zero attached hydrogens (tertiary/aromatic N) is 3. The second kappa shape index (κ2) is 8.09. The Morgan fingerprint density at radius 1 is 1.17 bits per heavy atom. The van der Waals surface area contributed by atoms with Gasteiger partial charge < -0.3 is 14.7 Å². The van der Waals surface area contributed by atoms with Crippen molar-refractivity contribution >= 4 is 11.8 Å². The minimum absolute atomic E-state index is 0.00729. The van der Waals surface area contributed by atoms with Gasteiger partial charge >= 0.3 is 0 Å². The van der Waals surface area contributed by atoms with E-state index in [1.165, 1.54) is 19.3 Å². The molecule has 3 heterocycles. The molecule has 3 aliphatic rings. The first-order valence-corrected chi connectivity index (χ1v) is 11.2. The zero-order valence-corrected chi connectivity index (χ0v) is 18.0. The Balaban J connectivity index is 1.35. The van der Waals surface area contributed by atoms with Gasteiger partial charge in [0, 0.05) is 37.2 Å². The molecule has 2 saturated heterocycles. The lowest BCUT2D eigenvalue weighted by atomic mass is 9.92. The van der Waals surface area contributed by atoms with Crippen molar-refractivity contribution in [2.45, 2.75) is 71.9 Å².